The Labute approximate surface area is 153 Å². The minimum atomic E-state index is 0.143. The number of benzene rings is 2. The standard InChI is InChI=1S/C23H22N2O/c26-23(24-13-12-20(16-24)18-6-2-1-3-7-18)22-14-19-8-4-5-9-21(19)25(22)15-17-10-11-17/h1-9,12,14,17H,10-11,13,15-16H2. The van der Waals surface area contributed by atoms with E-state index in [-0.39, 0.29) is 5.91 Å². The molecule has 0 bridgehead atoms. The Morgan fingerprint density at radius 1 is 1.00 bits per heavy atom. The lowest BCUT2D eigenvalue weighted by atomic mass is 10.1. The van der Waals surface area contributed by atoms with Crippen LogP contribution in [0.2, 0.25) is 0 Å². The number of fused-ring (bicyclic) bond motifs is 1. The van der Waals surface area contributed by atoms with Gasteiger partial charge in [-0.1, -0.05) is 54.6 Å². The van der Waals surface area contributed by atoms with Crippen LogP contribution in [0.5, 0.6) is 0 Å². The summed E-state index contributed by atoms with van der Waals surface area (Å²) < 4.78 is 2.25. The number of nitrogens with zero attached hydrogens (tertiary/aromatic N) is 2. The first-order valence-corrected chi connectivity index (χ1v) is 9.41. The molecule has 1 aliphatic heterocycles. The minimum absolute atomic E-state index is 0.143. The summed E-state index contributed by atoms with van der Waals surface area (Å²) in [7, 11) is 0. The Bertz CT molecular complexity index is 995. The highest BCUT2D eigenvalue weighted by Crippen LogP contribution is 2.34. The molecule has 1 aromatic heterocycles. The molecule has 1 fully saturated rings. The summed E-state index contributed by atoms with van der Waals surface area (Å²) in [5.41, 5.74) is 4.46. The van der Waals surface area contributed by atoms with Crippen molar-refractivity contribution in [3.8, 4) is 0 Å². The Kier molecular flexibility index (Phi) is 3.66. The zero-order valence-electron chi connectivity index (χ0n) is 14.8. The van der Waals surface area contributed by atoms with E-state index in [1.807, 2.05) is 29.2 Å². The molecule has 1 aliphatic carbocycles. The number of amides is 1. The topological polar surface area (TPSA) is 25.2 Å². The highest BCUT2D eigenvalue weighted by atomic mass is 16.2. The average Bonchev–Trinajstić information content (AvgIpc) is 3.24. The maximum Gasteiger partial charge on any atom is 0.271 e. The van der Waals surface area contributed by atoms with E-state index in [9.17, 15) is 4.79 Å². The predicted molar refractivity (Wildman–Crippen MR) is 105 cm³/mol. The monoisotopic (exact) mass is 342 g/mol. The normalized spacial score (nSPS) is 16.9. The number of carbonyl (C=O) groups is 1. The lowest BCUT2D eigenvalue weighted by Gasteiger charge is -2.18. The van der Waals surface area contributed by atoms with Crippen LogP contribution in [-0.4, -0.2) is 28.5 Å². The third-order valence-corrected chi connectivity index (χ3v) is 5.52. The van der Waals surface area contributed by atoms with Crippen LogP contribution in [0.25, 0.3) is 16.5 Å². The molecule has 3 aromatic rings. The van der Waals surface area contributed by atoms with Crippen LogP contribution in [0, 0.1) is 5.92 Å². The van der Waals surface area contributed by atoms with Gasteiger partial charge in [-0.2, -0.15) is 0 Å². The van der Waals surface area contributed by atoms with Crippen molar-refractivity contribution in [2.75, 3.05) is 13.1 Å². The molecule has 0 radical (unpaired) electrons. The maximum atomic E-state index is 13.3. The molecule has 26 heavy (non-hydrogen) atoms. The molecule has 0 spiro atoms. The van der Waals surface area contributed by atoms with Crippen LogP contribution < -0.4 is 0 Å². The summed E-state index contributed by atoms with van der Waals surface area (Å²) in [6.45, 7) is 2.34. The van der Waals surface area contributed by atoms with Crippen LogP contribution >= 0.6 is 0 Å². The molecule has 1 saturated carbocycles. The Morgan fingerprint density at radius 3 is 2.58 bits per heavy atom. The van der Waals surface area contributed by atoms with E-state index >= 15 is 0 Å². The lowest BCUT2D eigenvalue weighted by Crippen LogP contribution is -2.30. The molecule has 5 rings (SSSR count). The molecule has 2 aliphatic rings. The van der Waals surface area contributed by atoms with Crippen molar-refractivity contribution >= 4 is 22.4 Å². The fourth-order valence-electron chi connectivity index (χ4n) is 3.88. The van der Waals surface area contributed by atoms with E-state index in [1.165, 1.54) is 29.5 Å². The summed E-state index contributed by atoms with van der Waals surface area (Å²) in [6, 6.07) is 20.8. The third kappa shape index (κ3) is 2.74. The molecular formula is C23H22N2O. The number of hydrogen-bond donors (Lipinski definition) is 0. The van der Waals surface area contributed by atoms with Crippen molar-refractivity contribution in [2.24, 2.45) is 5.92 Å². The molecule has 3 heteroatoms. The zero-order chi connectivity index (χ0) is 17.5. The van der Waals surface area contributed by atoms with Crippen LogP contribution in [0.15, 0.2) is 66.7 Å². The zero-order valence-corrected chi connectivity index (χ0v) is 14.8. The maximum absolute atomic E-state index is 13.3. The molecule has 130 valence electrons. The van der Waals surface area contributed by atoms with E-state index in [0.717, 1.165) is 23.5 Å². The van der Waals surface area contributed by atoms with E-state index in [0.29, 0.717) is 13.1 Å². The van der Waals surface area contributed by atoms with Crippen molar-refractivity contribution in [1.82, 2.24) is 9.47 Å². The van der Waals surface area contributed by atoms with Gasteiger partial charge in [0.05, 0.1) is 0 Å². The summed E-state index contributed by atoms with van der Waals surface area (Å²) in [5, 5.41) is 1.16. The van der Waals surface area contributed by atoms with Crippen molar-refractivity contribution < 1.29 is 4.79 Å². The van der Waals surface area contributed by atoms with Crippen LogP contribution in [-0.2, 0) is 6.54 Å². The molecular weight excluding hydrogens is 320 g/mol. The summed E-state index contributed by atoms with van der Waals surface area (Å²) in [4.78, 5) is 15.2. The Balaban J connectivity index is 1.44. The number of carbonyl (C=O) groups excluding carboxylic acids is 1. The van der Waals surface area contributed by atoms with Gasteiger partial charge >= 0.3 is 0 Å². The van der Waals surface area contributed by atoms with E-state index in [1.54, 1.807) is 0 Å². The number of hydrogen-bond acceptors (Lipinski definition) is 1. The first-order valence-electron chi connectivity index (χ1n) is 9.41. The summed E-state index contributed by atoms with van der Waals surface area (Å²) >= 11 is 0. The number of para-hydroxylation sites is 1. The van der Waals surface area contributed by atoms with Gasteiger partial charge in [0, 0.05) is 30.5 Å². The smallest absolute Gasteiger partial charge is 0.271 e. The fraction of sp³-hybridized carbons (Fsp3) is 0.261. The number of rotatable bonds is 4. The molecule has 0 atom stereocenters. The SMILES string of the molecule is O=C(c1cc2ccccc2n1CC1CC1)N1CC=C(c2ccccc2)C1. The highest BCUT2D eigenvalue weighted by molar-refractivity contribution is 6.00. The van der Waals surface area contributed by atoms with Crippen LogP contribution in [0.1, 0.15) is 28.9 Å². The quantitative estimate of drug-likeness (QED) is 0.681. The molecule has 0 unspecified atom stereocenters. The molecule has 2 aromatic carbocycles. The van der Waals surface area contributed by atoms with Crippen LogP contribution in [0.4, 0.5) is 0 Å². The first kappa shape index (κ1) is 15.4. The van der Waals surface area contributed by atoms with Gasteiger partial charge in [0.25, 0.3) is 5.91 Å². The second-order valence-electron chi connectivity index (χ2n) is 7.42. The minimum Gasteiger partial charge on any atom is -0.336 e. The van der Waals surface area contributed by atoms with Gasteiger partial charge in [-0.15, -0.1) is 0 Å². The van der Waals surface area contributed by atoms with E-state index in [2.05, 4.69) is 47.0 Å². The predicted octanol–water partition coefficient (Wildman–Crippen LogP) is 4.59. The van der Waals surface area contributed by atoms with E-state index < -0.39 is 0 Å². The van der Waals surface area contributed by atoms with E-state index in [4.69, 9.17) is 0 Å². The molecule has 0 saturated heterocycles. The Morgan fingerprint density at radius 2 is 1.77 bits per heavy atom. The van der Waals surface area contributed by atoms with Crippen molar-refractivity contribution in [1.29, 1.82) is 0 Å². The van der Waals surface area contributed by atoms with Crippen LogP contribution in [0.3, 0.4) is 0 Å². The summed E-state index contributed by atoms with van der Waals surface area (Å²) in [5.74, 6) is 0.873. The lowest BCUT2D eigenvalue weighted by molar-refractivity contribution is 0.0791. The van der Waals surface area contributed by atoms with Gasteiger partial charge in [0.15, 0.2) is 0 Å². The van der Waals surface area contributed by atoms with Gasteiger partial charge in [-0.05, 0) is 42.0 Å². The van der Waals surface area contributed by atoms with Crippen molar-refractivity contribution in [3.05, 3.63) is 78.0 Å². The van der Waals surface area contributed by atoms with Crippen molar-refractivity contribution in [2.45, 2.75) is 19.4 Å². The second-order valence-corrected chi connectivity index (χ2v) is 7.42. The largest absolute Gasteiger partial charge is 0.336 e. The Hall–Kier alpha value is -2.81. The molecule has 0 N–H and O–H groups in total. The van der Waals surface area contributed by atoms with Gasteiger partial charge in [-0.3, -0.25) is 4.79 Å². The molecule has 1 amide bonds. The molecule has 3 nitrogen and oxygen atoms in total. The molecule has 2 heterocycles. The summed E-state index contributed by atoms with van der Waals surface area (Å²) in [6.07, 6.45) is 4.74. The third-order valence-electron chi connectivity index (χ3n) is 5.52. The van der Waals surface area contributed by atoms with Gasteiger partial charge in [0.1, 0.15) is 5.69 Å². The average molecular weight is 342 g/mol. The van der Waals surface area contributed by atoms with Crippen molar-refractivity contribution in [3.63, 3.8) is 0 Å². The highest BCUT2D eigenvalue weighted by Gasteiger charge is 2.28. The second kappa shape index (κ2) is 6.17. The number of aromatic nitrogens is 1. The fourth-order valence-corrected chi connectivity index (χ4v) is 3.88. The van der Waals surface area contributed by atoms with Gasteiger partial charge in [0.2, 0.25) is 0 Å². The van der Waals surface area contributed by atoms with Gasteiger partial charge in [-0.25, -0.2) is 0 Å². The first-order chi connectivity index (χ1) is 12.8. The van der Waals surface area contributed by atoms with Gasteiger partial charge < -0.3 is 9.47 Å².